The average molecular weight is 405 g/mol. The number of aromatic nitrogens is 4. The van der Waals surface area contributed by atoms with Crippen LogP contribution in [-0.2, 0) is 5.75 Å². The van der Waals surface area contributed by atoms with Gasteiger partial charge in [-0.1, -0.05) is 36.0 Å². The van der Waals surface area contributed by atoms with Crippen LogP contribution in [0.5, 0.6) is 5.75 Å². The normalized spacial score (nSPS) is 10.8. The number of hydrogen-bond acceptors (Lipinski definition) is 5. The lowest BCUT2D eigenvalue weighted by Crippen LogP contribution is -2.04. The molecule has 0 unspecified atom stereocenters. The molecule has 1 aromatic heterocycles. The van der Waals surface area contributed by atoms with Gasteiger partial charge in [0.15, 0.2) is 0 Å². The van der Waals surface area contributed by atoms with Gasteiger partial charge in [0.1, 0.15) is 5.75 Å². The Labute approximate surface area is 153 Å². The molecule has 0 saturated carbocycles. The zero-order valence-corrected chi connectivity index (χ0v) is 16.1. The molecule has 124 valence electrons. The number of rotatable bonds is 5. The molecule has 0 aliphatic carbocycles. The number of benzene rings is 2. The molecule has 0 aliphatic rings. The molecular weight excluding hydrogens is 388 g/mol. The van der Waals surface area contributed by atoms with Crippen LogP contribution in [0.3, 0.4) is 0 Å². The maximum atomic E-state index is 5.26. The summed E-state index contributed by atoms with van der Waals surface area (Å²) in [5.41, 5.74) is 4.51. The Morgan fingerprint density at radius 1 is 1.17 bits per heavy atom. The molecule has 0 bridgehead atoms. The van der Waals surface area contributed by atoms with E-state index in [1.165, 1.54) is 5.56 Å². The van der Waals surface area contributed by atoms with Crippen molar-refractivity contribution in [1.82, 2.24) is 20.2 Å². The highest BCUT2D eigenvalue weighted by molar-refractivity contribution is 9.10. The molecule has 0 atom stereocenters. The third-order valence-corrected chi connectivity index (χ3v) is 5.29. The molecule has 0 fully saturated rings. The summed E-state index contributed by atoms with van der Waals surface area (Å²) in [6.07, 6.45) is 0. The van der Waals surface area contributed by atoms with Crippen molar-refractivity contribution in [2.24, 2.45) is 0 Å². The SMILES string of the molecule is COc1ccc(CSc2nnnn2-c2c(C)cccc2C)cc1Br. The second-order valence-corrected chi connectivity index (χ2v) is 7.17. The zero-order valence-electron chi connectivity index (χ0n) is 13.7. The summed E-state index contributed by atoms with van der Waals surface area (Å²) >= 11 is 5.12. The zero-order chi connectivity index (χ0) is 17.1. The molecule has 0 radical (unpaired) electrons. The second kappa shape index (κ2) is 7.36. The molecule has 0 spiro atoms. The van der Waals surface area contributed by atoms with Gasteiger partial charge in [0.2, 0.25) is 5.16 Å². The van der Waals surface area contributed by atoms with Crippen molar-refractivity contribution < 1.29 is 4.74 Å². The van der Waals surface area contributed by atoms with Gasteiger partial charge in [-0.15, -0.1) is 5.10 Å². The van der Waals surface area contributed by atoms with E-state index in [-0.39, 0.29) is 0 Å². The van der Waals surface area contributed by atoms with Gasteiger partial charge in [-0.3, -0.25) is 0 Å². The fraction of sp³-hybridized carbons (Fsp3) is 0.235. The molecule has 2 aromatic carbocycles. The molecule has 0 amide bonds. The number of hydrogen-bond donors (Lipinski definition) is 0. The predicted molar refractivity (Wildman–Crippen MR) is 98.9 cm³/mol. The molecule has 1 heterocycles. The Morgan fingerprint density at radius 3 is 2.58 bits per heavy atom. The molecule has 5 nitrogen and oxygen atoms in total. The predicted octanol–water partition coefficient (Wildman–Crippen LogP) is 4.34. The van der Waals surface area contributed by atoms with Gasteiger partial charge in [-0.05, 0) is 69.0 Å². The van der Waals surface area contributed by atoms with Gasteiger partial charge >= 0.3 is 0 Å². The minimum Gasteiger partial charge on any atom is -0.496 e. The van der Waals surface area contributed by atoms with Crippen LogP contribution in [0.4, 0.5) is 0 Å². The number of nitrogens with zero attached hydrogens (tertiary/aromatic N) is 4. The Bertz CT molecular complexity index is 845. The lowest BCUT2D eigenvalue weighted by atomic mass is 10.1. The van der Waals surface area contributed by atoms with Gasteiger partial charge in [0.25, 0.3) is 0 Å². The largest absolute Gasteiger partial charge is 0.496 e. The summed E-state index contributed by atoms with van der Waals surface area (Å²) < 4.78 is 8.02. The van der Waals surface area contributed by atoms with E-state index in [2.05, 4.69) is 63.5 Å². The third kappa shape index (κ3) is 3.47. The van der Waals surface area contributed by atoms with Crippen LogP contribution in [0.15, 0.2) is 46.0 Å². The Morgan fingerprint density at radius 2 is 1.92 bits per heavy atom. The van der Waals surface area contributed by atoms with E-state index in [1.54, 1.807) is 18.9 Å². The highest BCUT2D eigenvalue weighted by atomic mass is 79.9. The van der Waals surface area contributed by atoms with Crippen molar-refractivity contribution >= 4 is 27.7 Å². The van der Waals surface area contributed by atoms with Crippen LogP contribution in [0.25, 0.3) is 5.69 Å². The lowest BCUT2D eigenvalue weighted by molar-refractivity contribution is 0.412. The van der Waals surface area contributed by atoms with Crippen molar-refractivity contribution in [3.63, 3.8) is 0 Å². The molecule has 3 rings (SSSR count). The number of halogens is 1. The minimum absolute atomic E-state index is 0.772. The fourth-order valence-electron chi connectivity index (χ4n) is 2.50. The van der Waals surface area contributed by atoms with Gasteiger partial charge in [-0.25, -0.2) is 0 Å². The fourth-order valence-corrected chi connectivity index (χ4v) is 3.90. The van der Waals surface area contributed by atoms with E-state index in [0.717, 1.165) is 37.9 Å². The van der Waals surface area contributed by atoms with Crippen molar-refractivity contribution in [3.05, 3.63) is 57.6 Å². The molecule has 3 aromatic rings. The van der Waals surface area contributed by atoms with Crippen LogP contribution >= 0.6 is 27.7 Å². The van der Waals surface area contributed by atoms with E-state index in [1.807, 2.05) is 22.9 Å². The maximum Gasteiger partial charge on any atom is 0.214 e. The van der Waals surface area contributed by atoms with Crippen molar-refractivity contribution in [2.75, 3.05) is 7.11 Å². The molecular formula is C17H17BrN4OS. The van der Waals surface area contributed by atoms with Crippen molar-refractivity contribution in [2.45, 2.75) is 24.8 Å². The Kier molecular flexibility index (Phi) is 5.20. The highest BCUT2D eigenvalue weighted by Crippen LogP contribution is 2.30. The van der Waals surface area contributed by atoms with Gasteiger partial charge in [0, 0.05) is 5.75 Å². The topological polar surface area (TPSA) is 52.8 Å². The van der Waals surface area contributed by atoms with E-state index in [0.29, 0.717) is 0 Å². The first kappa shape index (κ1) is 17.0. The summed E-state index contributed by atoms with van der Waals surface area (Å²) in [4.78, 5) is 0. The van der Waals surface area contributed by atoms with Gasteiger partial charge in [0.05, 0.1) is 17.3 Å². The first-order valence-electron chi connectivity index (χ1n) is 7.40. The molecule has 24 heavy (non-hydrogen) atoms. The molecule has 7 heteroatoms. The van der Waals surface area contributed by atoms with Gasteiger partial charge in [-0.2, -0.15) is 4.68 Å². The lowest BCUT2D eigenvalue weighted by Gasteiger charge is -2.11. The number of aryl methyl sites for hydroxylation is 2. The van der Waals surface area contributed by atoms with E-state index in [9.17, 15) is 0 Å². The minimum atomic E-state index is 0.772. The number of tetrazole rings is 1. The third-order valence-electron chi connectivity index (χ3n) is 3.68. The van der Waals surface area contributed by atoms with Crippen LogP contribution in [-0.4, -0.2) is 27.3 Å². The van der Waals surface area contributed by atoms with E-state index >= 15 is 0 Å². The number of ether oxygens (including phenoxy) is 1. The Hall–Kier alpha value is -1.86. The first-order valence-corrected chi connectivity index (χ1v) is 9.18. The quantitative estimate of drug-likeness (QED) is 0.591. The second-order valence-electron chi connectivity index (χ2n) is 5.37. The number of thioether (sulfide) groups is 1. The van der Waals surface area contributed by atoms with Crippen molar-refractivity contribution in [3.8, 4) is 11.4 Å². The number of methoxy groups -OCH3 is 1. The van der Waals surface area contributed by atoms with Crippen molar-refractivity contribution in [1.29, 1.82) is 0 Å². The smallest absolute Gasteiger partial charge is 0.214 e. The summed E-state index contributed by atoms with van der Waals surface area (Å²) in [5.74, 6) is 1.59. The first-order chi connectivity index (χ1) is 11.6. The molecule has 0 N–H and O–H groups in total. The Balaban J connectivity index is 1.83. The summed E-state index contributed by atoms with van der Waals surface area (Å²) in [5, 5.41) is 13.0. The highest BCUT2D eigenvalue weighted by Gasteiger charge is 2.13. The average Bonchev–Trinajstić information content (AvgIpc) is 3.01. The standard InChI is InChI=1S/C17H17BrN4OS/c1-11-5-4-6-12(2)16(11)22-17(19-20-21-22)24-10-13-7-8-15(23-3)14(18)9-13/h4-9H,10H2,1-3H3. The van der Waals surface area contributed by atoms with Crippen LogP contribution in [0.2, 0.25) is 0 Å². The molecule has 0 aliphatic heterocycles. The van der Waals surface area contributed by atoms with E-state index in [4.69, 9.17) is 4.74 Å². The van der Waals surface area contributed by atoms with Crippen LogP contribution in [0, 0.1) is 13.8 Å². The van der Waals surface area contributed by atoms with Crippen LogP contribution < -0.4 is 4.74 Å². The monoisotopic (exact) mass is 404 g/mol. The van der Waals surface area contributed by atoms with E-state index < -0.39 is 0 Å². The van der Waals surface area contributed by atoms with Gasteiger partial charge < -0.3 is 4.74 Å². The van der Waals surface area contributed by atoms with Crippen LogP contribution in [0.1, 0.15) is 16.7 Å². The summed E-state index contributed by atoms with van der Waals surface area (Å²) in [6.45, 7) is 4.14. The summed E-state index contributed by atoms with van der Waals surface area (Å²) in [6, 6.07) is 12.2. The maximum absolute atomic E-state index is 5.26. The molecule has 0 saturated heterocycles. The summed E-state index contributed by atoms with van der Waals surface area (Å²) in [7, 11) is 1.66. The number of para-hydroxylation sites is 1.